The van der Waals surface area contributed by atoms with Crippen molar-refractivity contribution in [2.45, 2.75) is 32.2 Å². The van der Waals surface area contributed by atoms with Crippen molar-refractivity contribution in [1.29, 1.82) is 0 Å². The minimum atomic E-state index is -0.406. The fraction of sp³-hybridized carbons (Fsp3) is 0.333. The van der Waals surface area contributed by atoms with E-state index < -0.39 is 5.38 Å². The molecule has 0 aliphatic carbocycles. The van der Waals surface area contributed by atoms with E-state index in [0.717, 1.165) is 5.56 Å². The van der Waals surface area contributed by atoms with Gasteiger partial charge in [-0.2, -0.15) is 15.0 Å². The van der Waals surface area contributed by atoms with E-state index in [1.165, 1.54) is 6.92 Å². The number of aromatic nitrogens is 3. The highest BCUT2D eigenvalue weighted by Crippen LogP contribution is 2.22. The molecule has 2 aromatic rings. The van der Waals surface area contributed by atoms with Gasteiger partial charge in [0.05, 0.1) is 11.4 Å². The molecule has 2 atom stereocenters. The van der Waals surface area contributed by atoms with Crippen molar-refractivity contribution in [2.24, 2.45) is 0 Å². The number of alkyl halides is 1. The maximum Gasteiger partial charge on any atom is 0.234 e. The molecule has 0 saturated heterocycles. The van der Waals surface area contributed by atoms with Gasteiger partial charge in [-0.05, 0) is 31.5 Å². The van der Waals surface area contributed by atoms with Gasteiger partial charge in [0.25, 0.3) is 0 Å². The molecule has 1 aromatic carbocycles. The second-order valence-electron chi connectivity index (χ2n) is 5.06. The largest absolute Gasteiger partial charge is 0.348 e. The molecule has 1 amide bonds. The molecule has 0 radical (unpaired) electrons. The van der Waals surface area contributed by atoms with Crippen LogP contribution >= 0.6 is 23.2 Å². The van der Waals surface area contributed by atoms with Gasteiger partial charge in [-0.3, -0.25) is 10.1 Å². The first-order chi connectivity index (χ1) is 10.8. The fourth-order valence-corrected chi connectivity index (χ4v) is 2.10. The molecule has 2 N–H and O–H groups in total. The summed E-state index contributed by atoms with van der Waals surface area (Å²) in [5.41, 5.74) is 1.02. The van der Waals surface area contributed by atoms with Gasteiger partial charge in [-0.1, -0.05) is 23.7 Å². The van der Waals surface area contributed by atoms with Gasteiger partial charge in [-0.25, -0.2) is 0 Å². The number of nitrogens with zero attached hydrogens (tertiary/aromatic N) is 3. The summed E-state index contributed by atoms with van der Waals surface area (Å²) in [6.07, 6.45) is 0. The Morgan fingerprint density at radius 2 is 1.70 bits per heavy atom. The zero-order valence-electron chi connectivity index (χ0n) is 13.0. The Morgan fingerprint density at radius 1 is 1.09 bits per heavy atom. The Bertz CT molecular complexity index is 691. The molecule has 23 heavy (non-hydrogen) atoms. The van der Waals surface area contributed by atoms with Crippen LogP contribution in [-0.4, -0.2) is 20.9 Å². The molecule has 0 bridgehead atoms. The number of amides is 1. The SMILES string of the molecule is CC(=O)Nc1nc(NC(C)c2ccc(Cl)cc2)nc(C(C)Cl)n1. The van der Waals surface area contributed by atoms with E-state index in [9.17, 15) is 4.79 Å². The van der Waals surface area contributed by atoms with Gasteiger partial charge >= 0.3 is 0 Å². The quantitative estimate of drug-likeness (QED) is 0.795. The summed E-state index contributed by atoms with van der Waals surface area (Å²) in [7, 11) is 0. The van der Waals surface area contributed by atoms with E-state index >= 15 is 0 Å². The molecule has 0 spiro atoms. The third kappa shape index (κ3) is 5.04. The Labute approximate surface area is 144 Å². The Balaban J connectivity index is 2.25. The van der Waals surface area contributed by atoms with Gasteiger partial charge in [0.1, 0.15) is 0 Å². The number of carbonyl (C=O) groups excluding carboxylic acids is 1. The molecule has 0 aliphatic rings. The van der Waals surface area contributed by atoms with E-state index in [4.69, 9.17) is 23.2 Å². The minimum Gasteiger partial charge on any atom is -0.348 e. The van der Waals surface area contributed by atoms with Gasteiger partial charge in [0.2, 0.25) is 17.8 Å². The number of benzene rings is 1. The van der Waals surface area contributed by atoms with Crippen LogP contribution in [0.5, 0.6) is 0 Å². The topological polar surface area (TPSA) is 79.8 Å². The van der Waals surface area contributed by atoms with E-state index in [-0.39, 0.29) is 17.9 Å². The summed E-state index contributed by atoms with van der Waals surface area (Å²) in [5, 5.41) is 5.98. The molecule has 6 nitrogen and oxygen atoms in total. The van der Waals surface area contributed by atoms with E-state index in [1.807, 2.05) is 31.2 Å². The summed E-state index contributed by atoms with van der Waals surface area (Å²) in [4.78, 5) is 23.8. The number of hydrogen-bond acceptors (Lipinski definition) is 5. The normalized spacial score (nSPS) is 13.3. The first-order valence-corrected chi connectivity index (χ1v) is 7.86. The summed E-state index contributed by atoms with van der Waals surface area (Å²) in [5.74, 6) is 0.631. The van der Waals surface area contributed by atoms with Crippen LogP contribution < -0.4 is 10.6 Å². The lowest BCUT2D eigenvalue weighted by Gasteiger charge is -2.16. The first-order valence-electron chi connectivity index (χ1n) is 7.05. The van der Waals surface area contributed by atoms with Crippen LogP contribution in [0.2, 0.25) is 5.02 Å². The highest BCUT2D eigenvalue weighted by atomic mass is 35.5. The number of hydrogen-bond donors (Lipinski definition) is 2. The summed E-state index contributed by atoms with van der Waals surface area (Å²) in [6, 6.07) is 7.41. The van der Waals surface area contributed by atoms with Crippen LogP contribution in [0, 0.1) is 0 Å². The fourth-order valence-electron chi connectivity index (χ4n) is 1.88. The highest BCUT2D eigenvalue weighted by molar-refractivity contribution is 6.30. The number of nitrogens with one attached hydrogen (secondary N) is 2. The summed E-state index contributed by atoms with van der Waals surface area (Å²) in [6.45, 7) is 5.10. The van der Waals surface area contributed by atoms with Crippen molar-refractivity contribution in [3.05, 3.63) is 40.7 Å². The molecular formula is C15H17Cl2N5O. The molecular weight excluding hydrogens is 337 g/mol. The van der Waals surface area contributed by atoms with Crippen molar-refractivity contribution < 1.29 is 4.79 Å². The van der Waals surface area contributed by atoms with Crippen LogP contribution in [0.15, 0.2) is 24.3 Å². The Kier molecular flexibility index (Phi) is 5.74. The van der Waals surface area contributed by atoms with Gasteiger partial charge in [-0.15, -0.1) is 11.6 Å². The third-order valence-electron chi connectivity index (χ3n) is 3.01. The summed E-state index contributed by atoms with van der Waals surface area (Å²) >= 11 is 11.9. The second kappa shape index (κ2) is 7.57. The molecule has 122 valence electrons. The highest BCUT2D eigenvalue weighted by Gasteiger charge is 2.14. The molecule has 0 aliphatic heterocycles. The average molecular weight is 354 g/mol. The predicted molar refractivity (Wildman–Crippen MR) is 91.9 cm³/mol. The van der Waals surface area contributed by atoms with E-state index in [0.29, 0.717) is 16.8 Å². The maximum absolute atomic E-state index is 11.2. The lowest BCUT2D eigenvalue weighted by Crippen LogP contribution is -2.16. The smallest absolute Gasteiger partial charge is 0.234 e. The van der Waals surface area contributed by atoms with Crippen LogP contribution in [0.1, 0.15) is 43.6 Å². The number of halogens is 2. The average Bonchev–Trinajstić information content (AvgIpc) is 2.46. The van der Waals surface area contributed by atoms with Crippen LogP contribution in [0.3, 0.4) is 0 Å². The number of carbonyl (C=O) groups is 1. The number of anilines is 2. The lowest BCUT2D eigenvalue weighted by molar-refractivity contribution is -0.114. The monoisotopic (exact) mass is 353 g/mol. The Hall–Kier alpha value is -1.92. The molecule has 8 heteroatoms. The van der Waals surface area contributed by atoms with Crippen molar-refractivity contribution >= 4 is 41.0 Å². The van der Waals surface area contributed by atoms with E-state index in [1.54, 1.807) is 6.92 Å². The molecule has 0 saturated carbocycles. The predicted octanol–water partition coefficient (Wildman–Crippen LogP) is 3.96. The Morgan fingerprint density at radius 3 is 2.26 bits per heavy atom. The minimum absolute atomic E-state index is 0.0571. The molecule has 1 heterocycles. The standard InChI is InChI=1S/C15H17Cl2N5O/c1-8(16)13-20-14(22-15(21-13)19-10(3)23)18-9(2)11-4-6-12(17)7-5-11/h4-9H,1-3H3,(H2,18,19,20,21,22,23). The molecule has 2 rings (SSSR count). The van der Waals surface area contributed by atoms with Crippen LogP contribution in [0.4, 0.5) is 11.9 Å². The number of rotatable bonds is 5. The van der Waals surface area contributed by atoms with Crippen molar-refractivity contribution in [3.8, 4) is 0 Å². The third-order valence-corrected chi connectivity index (χ3v) is 3.46. The zero-order valence-corrected chi connectivity index (χ0v) is 14.5. The molecule has 2 unspecified atom stereocenters. The van der Waals surface area contributed by atoms with Crippen LogP contribution in [0.25, 0.3) is 0 Å². The van der Waals surface area contributed by atoms with Crippen molar-refractivity contribution in [2.75, 3.05) is 10.6 Å². The summed E-state index contributed by atoms with van der Waals surface area (Å²) < 4.78 is 0. The van der Waals surface area contributed by atoms with Gasteiger partial charge in [0.15, 0.2) is 5.82 Å². The molecule has 1 aromatic heterocycles. The van der Waals surface area contributed by atoms with Crippen molar-refractivity contribution in [1.82, 2.24) is 15.0 Å². The van der Waals surface area contributed by atoms with Gasteiger partial charge in [0, 0.05) is 11.9 Å². The maximum atomic E-state index is 11.2. The van der Waals surface area contributed by atoms with Gasteiger partial charge < -0.3 is 5.32 Å². The van der Waals surface area contributed by atoms with Crippen molar-refractivity contribution in [3.63, 3.8) is 0 Å². The lowest BCUT2D eigenvalue weighted by atomic mass is 10.1. The van der Waals surface area contributed by atoms with Crippen LogP contribution in [-0.2, 0) is 4.79 Å². The first kappa shape index (κ1) is 17.4. The van der Waals surface area contributed by atoms with E-state index in [2.05, 4.69) is 25.6 Å². The zero-order chi connectivity index (χ0) is 17.0. The molecule has 0 fully saturated rings. The second-order valence-corrected chi connectivity index (χ2v) is 6.15.